The first-order chi connectivity index (χ1) is 13.5. The van der Waals surface area contributed by atoms with Crippen LogP contribution in [0.1, 0.15) is 43.9 Å². The molecule has 0 bridgehead atoms. The van der Waals surface area contributed by atoms with Crippen LogP contribution in [-0.4, -0.2) is 32.4 Å². The number of fused-ring (bicyclic) bond motifs is 2. The molecule has 0 radical (unpaired) electrons. The van der Waals surface area contributed by atoms with E-state index in [0.29, 0.717) is 28.6 Å². The lowest BCUT2D eigenvalue weighted by atomic mass is 10.1. The van der Waals surface area contributed by atoms with Crippen molar-refractivity contribution in [3.8, 4) is 0 Å². The summed E-state index contributed by atoms with van der Waals surface area (Å²) in [5, 5.41) is 0.470. The first-order valence-electron chi connectivity index (χ1n) is 8.95. The number of H-pyrrole nitrogens is 1. The summed E-state index contributed by atoms with van der Waals surface area (Å²) in [4.78, 5) is 57.1. The van der Waals surface area contributed by atoms with Crippen molar-refractivity contribution in [3.05, 3.63) is 69.6 Å². The van der Waals surface area contributed by atoms with Crippen molar-refractivity contribution in [2.75, 3.05) is 0 Å². The maximum absolute atomic E-state index is 12.5. The van der Waals surface area contributed by atoms with Crippen LogP contribution in [0, 0.1) is 5.92 Å². The number of amides is 2. The quantitative estimate of drug-likeness (QED) is 0.702. The Hall–Kier alpha value is -3.68. The fourth-order valence-corrected chi connectivity index (χ4v) is 3.42. The van der Waals surface area contributed by atoms with Gasteiger partial charge in [0.05, 0.1) is 27.7 Å². The lowest BCUT2D eigenvalue weighted by Gasteiger charge is -2.12. The second-order valence-electron chi connectivity index (χ2n) is 7.05. The van der Waals surface area contributed by atoms with Gasteiger partial charge in [-0.25, -0.2) is 9.59 Å². The van der Waals surface area contributed by atoms with Crippen molar-refractivity contribution in [3.63, 3.8) is 0 Å². The predicted molar refractivity (Wildman–Crippen MR) is 97.6 cm³/mol. The normalized spacial score (nSPS) is 15.9. The standard InChI is InChI=1S/C20H15N3O5/c24-17-13-3-1-2-4-14(13)18(25)23(17)28-19(26)12-7-8-16-15(9-12)21-20(27)22(16)10-11-5-6-11/h1-4,7-9,11H,5-6,10H2,(H,21,27). The molecule has 1 fully saturated rings. The number of hydrogen-bond donors (Lipinski definition) is 1. The number of aromatic amines is 1. The average molecular weight is 377 g/mol. The van der Waals surface area contributed by atoms with Crippen LogP contribution in [0.3, 0.4) is 0 Å². The van der Waals surface area contributed by atoms with Crippen molar-refractivity contribution >= 4 is 28.8 Å². The minimum atomic E-state index is -0.854. The van der Waals surface area contributed by atoms with E-state index in [1.165, 1.54) is 24.3 Å². The van der Waals surface area contributed by atoms with Crippen LogP contribution in [0.25, 0.3) is 11.0 Å². The number of nitrogens with zero attached hydrogens (tertiary/aromatic N) is 2. The van der Waals surface area contributed by atoms with E-state index < -0.39 is 17.8 Å². The van der Waals surface area contributed by atoms with Crippen LogP contribution in [0.4, 0.5) is 0 Å². The second kappa shape index (κ2) is 5.91. The Balaban J connectivity index is 1.41. The summed E-state index contributed by atoms with van der Waals surface area (Å²) in [7, 11) is 0. The van der Waals surface area contributed by atoms with E-state index in [1.807, 2.05) is 0 Å². The van der Waals surface area contributed by atoms with Crippen LogP contribution in [0.5, 0.6) is 0 Å². The molecule has 1 aliphatic heterocycles. The van der Waals surface area contributed by atoms with Gasteiger partial charge in [0.25, 0.3) is 11.8 Å². The summed E-state index contributed by atoms with van der Waals surface area (Å²) in [6.45, 7) is 0.650. The maximum Gasteiger partial charge on any atom is 0.364 e. The Bertz CT molecular complexity index is 1180. The molecule has 8 nitrogen and oxygen atoms in total. The summed E-state index contributed by atoms with van der Waals surface area (Å²) >= 11 is 0. The fourth-order valence-electron chi connectivity index (χ4n) is 3.42. The van der Waals surface area contributed by atoms with Gasteiger partial charge in [-0.3, -0.25) is 14.2 Å². The zero-order valence-electron chi connectivity index (χ0n) is 14.7. The largest absolute Gasteiger partial charge is 0.364 e. The number of rotatable bonds is 4. The minimum absolute atomic E-state index is 0.129. The molecule has 2 amide bonds. The number of hydrogen-bond acceptors (Lipinski definition) is 5. The van der Waals surface area contributed by atoms with Gasteiger partial charge >= 0.3 is 11.7 Å². The van der Waals surface area contributed by atoms with Gasteiger partial charge in [-0.15, -0.1) is 0 Å². The molecule has 2 heterocycles. The van der Waals surface area contributed by atoms with E-state index in [-0.39, 0.29) is 22.4 Å². The Morgan fingerprint density at radius 3 is 2.36 bits per heavy atom. The van der Waals surface area contributed by atoms with E-state index in [9.17, 15) is 19.2 Å². The van der Waals surface area contributed by atoms with Gasteiger partial charge in [-0.05, 0) is 49.1 Å². The van der Waals surface area contributed by atoms with Crippen molar-refractivity contribution < 1.29 is 19.2 Å². The molecule has 8 heteroatoms. The summed E-state index contributed by atoms with van der Waals surface area (Å²) in [6, 6.07) is 10.9. The first kappa shape index (κ1) is 16.5. The third kappa shape index (κ3) is 2.53. The number of imidazole rings is 1. The highest BCUT2D eigenvalue weighted by atomic mass is 16.7. The highest BCUT2D eigenvalue weighted by Gasteiger charge is 2.38. The van der Waals surface area contributed by atoms with Crippen molar-refractivity contribution in [2.24, 2.45) is 5.92 Å². The number of imide groups is 1. The van der Waals surface area contributed by atoms with Gasteiger partial charge in [-0.1, -0.05) is 17.2 Å². The fraction of sp³-hybridized carbons (Fsp3) is 0.200. The summed E-state index contributed by atoms with van der Waals surface area (Å²) < 4.78 is 1.66. The van der Waals surface area contributed by atoms with Crippen LogP contribution in [0.15, 0.2) is 47.3 Å². The van der Waals surface area contributed by atoms with E-state index >= 15 is 0 Å². The van der Waals surface area contributed by atoms with Crippen molar-refractivity contribution in [1.82, 2.24) is 14.6 Å². The molecule has 28 heavy (non-hydrogen) atoms. The zero-order valence-corrected chi connectivity index (χ0v) is 14.7. The second-order valence-corrected chi connectivity index (χ2v) is 7.05. The van der Waals surface area contributed by atoms with Gasteiger partial charge in [0, 0.05) is 6.54 Å². The van der Waals surface area contributed by atoms with Crippen LogP contribution in [-0.2, 0) is 11.4 Å². The van der Waals surface area contributed by atoms with Gasteiger partial charge < -0.3 is 9.82 Å². The molecule has 0 spiro atoms. The SMILES string of the molecule is O=C(ON1C(=O)c2ccccc2C1=O)c1ccc2c(c1)[nH]c(=O)n2CC1CC1. The van der Waals surface area contributed by atoms with Crippen LogP contribution >= 0.6 is 0 Å². The van der Waals surface area contributed by atoms with Gasteiger partial charge in [0.15, 0.2) is 0 Å². The Morgan fingerprint density at radius 2 is 1.71 bits per heavy atom. The zero-order chi connectivity index (χ0) is 19.4. The Morgan fingerprint density at radius 1 is 1.04 bits per heavy atom. The molecule has 2 aromatic carbocycles. The van der Waals surface area contributed by atoms with E-state index in [0.717, 1.165) is 12.8 Å². The molecule has 0 unspecified atom stereocenters. The molecule has 3 aromatic rings. The Labute approximate surface area is 158 Å². The molecule has 1 aromatic heterocycles. The molecular formula is C20H15N3O5. The molecule has 140 valence electrons. The highest BCUT2D eigenvalue weighted by molar-refractivity contribution is 6.21. The van der Waals surface area contributed by atoms with E-state index in [1.54, 1.807) is 22.8 Å². The van der Waals surface area contributed by atoms with E-state index in [2.05, 4.69) is 4.98 Å². The molecule has 0 atom stereocenters. The third-order valence-corrected chi connectivity index (χ3v) is 5.08. The maximum atomic E-state index is 12.5. The lowest BCUT2D eigenvalue weighted by Crippen LogP contribution is -2.32. The minimum Gasteiger partial charge on any atom is -0.324 e. The summed E-state index contributed by atoms with van der Waals surface area (Å²) in [5.74, 6) is -1.69. The predicted octanol–water partition coefficient (Wildman–Crippen LogP) is 2.11. The molecule has 1 saturated carbocycles. The molecule has 2 aliphatic rings. The first-order valence-corrected chi connectivity index (χ1v) is 8.95. The molecule has 1 aliphatic carbocycles. The number of nitrogens with one attached hydrogen (secondary N) is 1. The number of carbonyl (C=O) groups excluding carboxylic acids is 3. The number of benzene rings is 2. The van der Waals surface area contributed by atoms with Crippen LogP contribution < -0.4 is 5.69 Å². The number of aromatic nitrogens is 2. The number of hydroxylamine groups is 2. The van der Waals surface area contributed by atoms with Gasteiger partial charge in [0.2, 0.25) is 0 Å². The molecule has 5 rings (SSSR count). The van der Waals surface area contributed by atoms with Crippen LogP contribution in [0.2, 0.25) is 0 Å². The van der Waals surface area contributed by atoms with Crippen molar-refractivity contribution in [2.45, 2.75) is 19.4 Å². The van der Waals surface area contributed by atoms with Gasteiger partial charge in [0.1, 0.15) is 0 Å². The number of carbonyl (C=O) groups is 3. The Kier molecular flexibility index (Phi) is 3.48. The molecular weight excluding hydrogens is 362 g/mol. The topological polar surface area (TPSA) is 101 Å². The smallest absolute Gasteiger partial charge is 0.324 e. The summed E-state index contributed by atoms with van der Waals surface area (Å²) in [6.07, 6.45) is 2.23. The monoisotopic (exact) mass is 377 g/mol. The lowest BCUT2D eigenvalue weighted by molar-refractivity contribution is -0.0584. The van der Waals surface area contributed by atoms with Gasteiger partial charge in [-0.2, -0.15) is 0 Å². The molecule has 1 N–H and O–H groups in total. The third-order valence-electron chi connectivity index (χ3n) is 5.08. The van der Waals surface area contributed by atoms with E-state index in [4.69, 9.17) is 4.84 Å². The highest BCUT2D eigenvalue weighted by Crippen LogP contribution is 2.31. The molecule has 0 saturated heterocycles. The average Bonchev–Trinajstić information content (AvgIpc) is 3.43. The summed E-state index contributed by atoms with van der Waals surface area (Å²) in [5.41, 5.74) is 1.49. The van der Waals surface area contributed by atoms with Crippen molar-refractivity contribution in [1.29, 1.82) is 0 Å².